The van der Waals surface area contributed by atoms with Crippen LogP contribution in [0.1, 0.15) is 111 Å². The summed E-state index contributed by atoms with van der Waals surface area (Å²) in [4.78, 5) is 4.79. The fourth-order valence-electron chi connectivity index (χ4n) is 10.6. The van der Waals surface area contributed by atoms with Crippen molar-refractivity contribution >= 4 is 23.2 Å². The summed E-state index contributed by atoms with van der Waals surface area (Å²) in [6.07, 6.45) is 14.4. The van der Waals surface area contributed by atoms with Crippen LogP contribution >= 0.6 is 7.14 Å². The van der Waals surface area contributed by atoms with E-state index >= 15 is 0 Å². The minimum Gasteiger partial charge on any atom is -0.320 e. The van der Waals surface area contributed by atoms with Crippen LogP contribution in [-0.2, 0) is 35.5 Å². The van der Waals surface area contributed by atoms with Gasteiger partial charge in [0.05, 0.1) is 7.14 Å². The van der Waals surface area contributed by atoms with Crippen molar-refractivity contribution in [1.29, 1.82) is 0 Å². The number of aromatic nitrogens is 1. The third kappa shape index (κ3) is 5.77. The SMILES string of the molecule is CC12c3c[c-]c(-c4nccc5ccccc45)cc3C(C)(c3ccccc31)c1ccccc12.O=P(c1[c-]cccc1)(C1CCCCC1)C1CCCCC1.[Ir]. The molecule has 2 fully saturated rings. The maximum Gasteiger partial charge on any atom is 0.0978 e. The Bertz CT molecular complexity index is 2230. The van der Waals surface area contributed by atoms with Crippen LogP contribution in [0.2, 0.25) is 0 Å². The van der Waals surface area contributed by atoms with E-state index in [0.717, 1.165) is 16.6 Å². The maximum atomic E-state index is 14.1. The number of hydrogen-bond acceptors (Lipinski definition) is 2. The van der Waals surface area contributed by atoms with E-state index in [2.05, 4.69) is 123 Å². The van der Waals surface area contributed by atoms with Crippen molar-refractivity contribution in [2.75, 3.05) is 0 Å². The molecule has 0 spiro atoms. The van der Waals surface area contributed by atoms with E-state index in [0.29, 0.717) is 11.3 Å². The molecule has 0 aliphatic heterocycles. The molecule has 5 aromatic carbocycles. The van der Waals surface area contributed by atoms with Crippen LogP contribution in [0.15, 0.2) is 121 Å². The van der Waals surface area contributed by atoms with Crippen molar-refractivity contribution in [3.8, 4) is 11.3 Å². The fourth-order valence-corrected chi connectivity index (χ4v) is 14.8. The van der Waals surface area contributed by atoms with E-state index in [4.69, 9.17) is 4.98 Å². The first-order valence-corrected chi connectivity index (χ1v) is 21.5. The van der Waals surface area contributed by atoms with Crippen molar-refractivity contribution in [3.63, 3.8) is 0 Å². The molecule has 271 valence electrons. The van der Waals surface area contributed by atoms with Crippen molar-refractivity contribution in [1.82, 2.24) is 4.98 Å². The van der Waals surface area contributed by atoms with E-state index < -0.39 is 7.14 Å². The quantitative estimate of drug-likeness (QED) is 0.130. The standard InChI is InChI=1S/C31H22N.C18H26OP.Ir/c1-30-23-11-5-7-13-25(23)31(2,26-14-8-6-12-24(26)30)28-19-21(15-16-27(28)30)29-22-10-4-3-9-20(22)17-18-32-29;19-20(16-10-4-1-5-11-16,17-12-6-2-7-13-17)18-14-8-3-9-15-18;/h3-14,16-19H,1-2H3;1,4-5,10,17-18H,2-3,6-9,12-15H2;/q2*-1;. The van der Waals surface area contributed by atoms with Crippen molar-refractivity contribution in [2.24, 2.45) is 0 Å². The molecule has 0 atom stereocenters. The summed E-state index contributed by atoms with van der Waals surface area (Å²) in [5, 5.41) is 3.43. The number of hydrogen-bond donors (Lipinski definition) is 0. The van der Waals surface area contributed by atoms with Crippen LogP contribution in [0.4, 0.5) is 0 Å². The van der Waals surface area contributed by atoms with E-state index in [1.54, 1.807) is 0 Å². The zero-order chi connectivity index (χ0) is 35.3. The first kappa shape index (κ1) is 36.4. The molecule has 0 amide bonds. The molecule has 0 unspecified atom stereocenters. The summed E-state index contributed by atoms with van der Waals surface area (Å²) >= 11 is 0. The largest absolute Gasteiger partial charge is 0.320 e. The summed E-state index contributed by atoms with van der Waals surface area (Å²) in [5.74, 6) is 0. The molecule has 2 bridgehead atoms. The Morgan fingerprint density at radius 1 is 0.604 bits per heavy atom. The predicted molar refractivity (Wildman–Crippen MR) is 216 cm³/mol. The van der Waals surface area contributed by atoms with Gasteiger partial charge in [0.25, 0.3) is 0 Å². The fraction of sp³-hybridized carbons (Fsp3) is 0.327. The number of nitrogens with zero attached hydrogens (tertiary/aromatic N) is 1. The first-order valence-electron chi connectivity index (χ1n) is 19.6. The van der Waals surface area contributed by atoms with Crippen molar-refractivity contribution in [3.05, 3.63) is 167 Å². The average molecular weight is 890 g/mol. The van der Waals surface area contributed by atoms with Crippen LogP contribution in [-0.4, -0.2) is 16.3 Å². The van der Waals surface area contributed by atoms with Gasteiger partial charge < -0.3 is 9.55 Å². The molecular weight excluding hydrogens is 842 g/mol. The van der Waals surface area contributed by atoms with Crippen molar-refractivity contribution in [2.45, 2.75) is 100 Å². The van der Waals surface area contributed by atoms with Gasteiger partial charge in [-0.15, -0.1) is 40.2 Å². The summed E-state index contributed by atoms with van der Waals surface area (Å²) in [5.41, 5.74) is 11.0. The third-order valence-electron chi connectivity index (χ3n) is 13.3. The molecule has 5 aliphatic carbocycles. The number of benzene rings is 5. The second-order valence-corrected chi connectivity index (χ2v) is 19.3. The van der Waals surface area contributed by atoms with Crippen LogP contribution in [0.5, 0.6) is 0 Å². The van der Waals surface area contributed by atoms with E-state index in [-0.39, 0.29) is 30.9 Å². The zero-order valence-corrected chi connectivity index (χ0v) is 34.2. The minimum absolute atomic E-state index is 0. The van der Waals surface area contributed by atoms with Gasteiger partial charge in [0.1, 0.15) is 0 Å². The van der Waals surface area contributed by atoms with Crippen LogP contribution < -0.4 is 5.30 Å². The Kier molecular flexibility index (Phi) is 9.99. The molecule has 2 nitrogen and oxygen atoms in total. The van der Waals surface area contributed by atoms with Gasteiger partial charge in [0, 0.05) is 48.5 Å². The Hall–Kier alpha value is -3.61. The summed E-state index contributed by atoms with van der Waals surface area (Å²) in [6, 6.07) is 48.2. The van der Waals surface area contributed by atoms with Crippen molar-refractivity contribution < 1.29 is 24.7 Å². The van der Waals surface area contributed by atoms with Gasteiger partial charge in [-0.05, 0) is 77.4 Å². The smallest absolute Gasteiger partial charge is 0.0978 e. The summed E-state index contributed by atoms with van der Waals surface area (Å²) in [7, 11) is -2.28. The molecule has 0 saturated heterocycles. The monoisotopic (exact) mass is 890 g/mol. The number of fused-ring (bicyclic) bond motifs is 1. The molecule has 11 rings (SSSR count). The maximum absolute atomic E-state index is 14.1. The first-order chi connectivity index (χ1) is 25.4. The molecule has 5 aliphatic rings. The van der Waals surface area contributed by atoms with E-state index in [9.17, 15) is 4.57 Å². The van der Waals surface area contributed by atoms with Crippen LogP contribution in [0, 0.1) is 12.1 Å². The minimum atomic E-state index is -2.28. The molecule has 4 heteroatoms. The number of rotatable bonds is 4. The second kappa shape index (κ2) is 14.6. The molecule has 1 aromatic heterocycles. The molecule has 1 heterocycles. The average Bonchev–Trinajstić information content (AvgIpc) is 3.23. The predicted octanol–water partition coefficient (Wildman–Crippen LogP) is 12.2. The van der Waals surface area contributed by atoms with Gasteiger partial charge in [-0.1, -0.05) is 118 Å². The summed E-state index contributed by atoms with van der Waals surface area (Å²) in [6.45, 7) is 4.77. The van der Waals surface area contributed by atoms with Gasteiger partial charge in [0.2, 0.25) is 0 Å². The van der Waals surface area contributed by atoms with Gasteiger partial charge >= 0.3 is 0 Å². The third-order valence-corrected chi connectivity index (χ3v) is 17.5. The van der Waals surface area contributed by atoms with Gasteiger partial charge in [-0.2, -0.15) is 30.3 Å². The molecule has 53 heavy (non-hydrogen) atoms. The Morgan fingerprint density at radius 2 is 1.13 bits per heavy atom. The molecule has 1 radical (unpaired) electrons. The number of pyridine rings is 1. The molecular formula is C49H48IrNOP-2. The summed E-state index contributed by atoms with van der Waals surface area (Å²) < 4.78 is 14.1. The topological polar surface area (TPSA) is 30.0 Å². The van der Waals surface area contributed by atoms with Crippen LogP contribution in [0.25, 0.3) is 22.0 Å². The molecule has 6 aromatic rings. The molecule has 2 saturated carbocycles. The zero-order valence-electron chi connectivity index (χ0n) is 30.9. The Labute approximate surface area is 329 Å². The normalized spacial score (nSPS) is 22.1. The van der Waals surface area contributed by atoms with Crippen LogP contribution in [0.3, 0.4) is 0 Å². The van der Waals surface area contributed by atoms with E-state index in [1.165, 1.54) is 108 Å². The van der Waals surface area contributed by atoms with E-state index in [1.807, 2.05) is 24.4 Å². The Balaban J connectivity index is 0.000000165. The van der Waals surface area contributed by atoms with Gasteiger partial charge in [-0.25, -0.2) is 0 Å². The second-order valence-electron chi connectivity index (χ2n) is 15.9. The molecule has 0 N–H and O–H groups in total. The van der Waals surface area contributed by atoms with Gasteiger partial charge in [0.15, 0.2) is 0 Å². The Morgan fingerprint density at radius 3 is 1.70 bits per heavy atom. The van der Waals surface area contributed by atoms with Gasteiger partial charge in [-0.3, -0.25) is 0 Å².